The van der Waals surface area contributed by atoms with Crippen LogP contribution in [0.5, 0.6) is 0 Å². The first-order valence-corrected chi connectivity index (χ1v) is 7.84. The van der Waals surface area contributed by atoms with E-state index >= 15 is 0 Å². The second-order valence-corrected chi connectivity index (χ2v) is 6.25. The topological polar surface area (TPSA) is 37.8 Å². The zero-order chi connectivity index (χ0) is 14.4. The van der Waals surface area contributed by atoms with Crippen LogP contribution in [0.1, 0.15) is 16.9 Å². The summed E-state index contributed by atoms with van der Waals surface area (Å²) >= 11 is 1.72. The third kappa shape index (κ3) is 1.92. The summed E-state index contributed by atoms with van der Waals surface area (Å²) in [6.07, 6.45) is 3.41. The van der Waals surface area contributed by atoms with Crippen LogP contribution in [0.25, 0.3) is 21.6 Å². The minimum absolute atomic E-state index is 0.289. The molecule has 0 aliphatic heterocycles. The van der Waals surface area contributed by atoms with Crippen LogP contribution >= 0.6 is 11.3 Å². The van der Waals surface area contributed by atoms with Crippen LogP contribution < -0.4 is 5.32 Å². The third-order valence-corrected chi connectivity index (χ3v) is 5.10. The van der Waals surface area contributed by atoms with Crippen LogP contribution in [-0.2, 0) is 12.8 Å². The monoisotopic (exact) mass is 299 g/mol. The molecule has 4 rings (SSSR count). The third-order valence-electron chi connectivity index (χ3n) is 3.92. The predicted molar refractivity (Wildman–Crippen MR) is 84.4 cm³/mol. The van der Waals surface area contributed by atoms with E-state index in [0.29, 0.717) is 11.4 Å². The molecular formula is C16H14FN3S. The minimum Gasteiger partial charge on any atom is -0.372 e. The number of nitrogens with zero attached hydrogens (tertiary/aromatic N) is 2. The van der Waals surface area contributed by atoms with E-state index in [2.05, 4.69) is 15.3 Å². The SMILES string of the molecule is CNc1nc(-c2ccccc2F)nc2sc3c(c12)CCC3. The largest absolute Gasteiger partial charge is 0.372 e. The Morgan fingerprint density at radius 3 is 2.86 bits per heavy atom. The summed E-state index contributed by atoms with van der Waals surface area (Å²) in [5.74, 6) is 0.963. The number of fused-ring (bicyclic) bond motifs is 3. The lowest BCUT2D eigenvalue weighted by atomic mass is 10.1. The van der Waals surface area contributed by atoms with Gasteiger partial charge in [0.25, 0.3) is 0 Å². The van der Waals surface area contributed by atoms with Crippen molar-refractivity contribution >= 4 is 27.4 Å². The van der Waals surface area contributed by atoms with Crippen LogP contribution in [0.2, 0.25) is 0 Å². The van der Waals surface area contributed by atoms with Crippen molar-refractivity contribution < 1.29 is 4.39 Å². The van der Waals surface area contributed by atoms with Gasteiger partial charge in [0, 0.05) is 11.9 Å². The molecule has 0 radical (unpaired) electrons. The lowest BCUT2D eigenvalue weighted by molar-refractivity contribution is 0.630. The quantitative estimate of drug-likeness (QED) is 0.776. The number of aromatic nitrogens is 2. The first-order valence-electron chi connectivity index (χ1n) is 7.03. The molecule has 0 unspecified atom stereocenters. The Morgan fingerprint density at radius 2 is 2.05 bits per heavy atom. The van der Waals surface area contributed by atoms with E-state index in [1.807, 2.05) is 7.05 Å². The maximum absolute atomic E-state index is 14.0. The zero-order valence-electron chi connectivity index (χ0n) is 11.6. The number of benzene rings is 1. The normalized spacial score (nSPS) is 13.6. The molecule has 5 heteroatoms. The van der Waals surface area contributed by atoms with E-state index in [4.69, 9.17) is 0 Å². The van der Waals surface area contributed by atoms with E-state index in [1.165, 1.54) is 22.9 Å². The Bertz CT molecular complexity index is 841. The van der Waals surface area contributed by atoms with Gasteiger partial charge in [0.15, 0.2) is 5.82 Å². The van der Waals surface area contributed by atoms with Crippen LogP contribution in [0, 0.1) is 5.82 Å². The molecule has 0 spiro atoms. The molecule has 0 saturated carbocycles. The Morgan fingerprint density at radius 1 is 1.19 bits per heavy atom. The van der Waals surface area contributed by atoms with Gasteiger partial charge >= 0.3 is 0 Å². The molecule has 3 aromatic rings. The highest BCUT2D eigenvalue weighted by Crippen LogP contribution is 2.40. The summed E-state index contributed by atoms with van der Waals surface area (Å²) in [6.45, 7) is 0. The van der Waals surface area contributed by atoms with Crippen molar-refractivity contribution in [1.82, 2.24) is 9.97 Å². The first-order chi connectivity index (χ1) is 10.3. The second kappa shape index (κ2) is 4.77. The molecule has 0 bridgehead atoms. The number of halogens is 1. The van der Waals surface area contributed by atoms with Crippen LogP contribution in [-0.4, -0.2) is 17.0 Å². The number of nitrogens with one attached hydrogen (secondary N) is 1. The maximum Gasteiger partial charge on any atom is 0.166 e. The summed E-state index contributed by atoms with van der Waals surface area (Å²) in [4.78, 5) is 11.5. The molecule has 1 aliphatic carbocycles. The van der Waals surface area contributed by atoms with Gasteiger partial charge in [-0.3, -0.25) is 0 Å². The fraction of sp³-hybridized carbons (Fsp3) is 0.250. The number of aryl methyl sites for hydroxylation is 2. The van der Waals surface area contributed by atoms with Crippen molar-refractivity contribution in [3.8, 4) is 11.4 Å². The molecule has 0 fully saturated rings. The van der Waals surface area contributed by atoms with E-state index in [-0.39, 0.29) is 5.82 Å². The van der Waals surface area contributed by atoms with Gasteiger partial charge in [0.05, 0.1) is 10.9 Å². The summed E-state index contributed by atoms with van der Waals surface area (Å²) in [5, 5.41) is 4.27. The Labute approximate surface area is 125 Å². The molecule has 0 atom stereocenters. The Hall–Kier alpha value is -2.01. The Kier molecular flexibility index (Phi) is 2.89. The molecule has 1 N–H and O–H groups in total. The van der Waals surface area contributed by atoms with Gasteiger partial charge < -0.3 is 5.32 Å². The van der Waals surface area contributed by atoms with Gasteiger partial charge in [-0.2, -0.15) is 0 Å². The zero-order valence-corrected chi connectivity index (χ0v) is 12.4. The Balaban J connectivity index is 1.99. The van der Waals surface area contributed by atoms with Gasteiger partial charge in [-0.05, 0) is 37.0 Å². The van der Waals surface area contributed by atoms with Crippen LogP contribution in [0.4, 0.5) is 10.2 Å². The average molecular weight is 299 g/mol. The van der Waals surface area contributed by atoms with Crippen LogP contribution in [0.15, 0.2) is 24.3 Å². The standard InChI is InChI=1S/C16H14FN3S/c1-18-15-13-10-6-4-8-12(10)21-16(13)20-14(19-15)9-5-2-3-7-11(9)17/h2-3,5,7H,4,6,8H2,1H3,(H,18,19,20). The molecule has 106 valence electrons. The molecule has 2 heterocycles. The molecule has 1 aliphatic rings. The van der Waals surface area contributed by atoms with Crippen molar-refractivity contribution in [1.29, 1.82) is 0 Å². The lowest BCUT2D eigenvalue weighted by Crippen LogP contribution is -1.99. The molecule has 1 aromatic carbocycles. The molecule has 0 amide bonds. The van der Waals surface area contributed by atoms with Crippen molar-refractivity contribution in [2.75, 3.05) is 12.4 Å². The summed E-state index contributed by atoms with van der Waals surface area (Å²) < 4.78 is 14.0. The summed E-state index contributed by atoms with van der Waals surface area (Å²) in [5.41, 5.74) is 1.82. The highest BCUT2D eigenvalue weighted by Gasteiger charge is 2.22. The molecular weight excluding hydrogens is 285 g/mol. The second-order valence-electron chi connectivity index (χ2n) is 5.16. The van der Waals surface area contributed by atoms with Crippen LogP contribution in [0.3, 0.4) is 0 Å². The number of thiophene rings is 1. The smallest absolute Gasteiger partial charge is 0.166 e. The van der Waals surface area contributed by atoms with Gasteiger partial charge in [0.1, 0.15) is 16.5 Å². The fourth-order valence-corrected chi connectivity index (χ4v) is 4.20. The van der Waals surface area contributed by atoms with E-state index in [1.54, 1.807) is 29.5 Å². The molecule has 2 aromatic heterocycles. The lowest BCUT2D eigenvalue weighted by Gasteiger charge is -2.07. The fourth-order valence-electron chi connectivity index (χ4n) is 2.94. The number of anilines is 1. The van der Waals surface area contributed by atoms with Gasteiger partial charge in [-0.1, -0.05) is 12.1 Å². The molecule has 0 saturated heterocycles. The summed E-state index contributed by atoms with van der Waals surface area (Å²) in [7, 11) is 1.85. The van der Waals surface area contributed by atoms with E-state index in [9.17, 15) is 4.39 Å². The minimum atomic E-state index is -0.289. The maximum atomic E-state index is 14.0. The van der Waals surface area contributed by atoms with Crippen molar-refractivity contribution in [3.05, 3.63) is 40.5 Å². The summed E-state index contributed by atoms with van der Waals surface area (Å²) in [6, 6.07) is 6.64. The van der Waals surface area contributed by atoms with Crippen molar-refractivity contribution in [2.24, 2.45) is 0 Å². The van der Waals surface area contributed by atoms with Gasteiger partial charge in [0.2, 0.25) is 0 Å². The molecule has 3 nitrogen and oxygen atoms in total. The number of hydrogen-bond donors (Lipinski definition) is 1. The van der Waals surface area contributed by atoms with Crippen molar-refractivity contribution in [3.63, 3.8) is 0 Å². The highest BCUT2D eigenvalue weighted by molar-refractivity contribution is 7.19. The van der Waals surface area contributed by atoms with Crippen molar-refractivity contribution in [2.45, 2.75) is 19.3 Å². The predicted octanol–water partition coefficient (Wildman–Crippen LogP) is 4.03. The average Bonchev–Trinajstić information content (AvgIpc) is 3.07. The molecule has 21 heavy (non-hydrogen) atoms. The number of rotatable bonds is 2. The van der Waals surface area contributed by atoms with Gasteiger partial charge in [-0.15, -0.1) is 11.3 Å². The van der Waals surface area contributed by atoms with Gasteiger partial charge in [-0.25, -0.2) is 14.4 Å². The van der Waals surface area contributed by atoms with E-state index < -0.39 is 0 Å². The highest BCUT2D eigenvalue weighted by atomic mass is 32.1. The number of hydrogen-bond acceptors (Lipinski definition) is 4. The first kappa shape index (κ1) is 12.7. The van der Waals surface area contributed by atoms with E-state index in [0.717, 1.165) is 28.9 Å².